The highest BCUT2D eigenvalue weighted by Crippen LogP contribution is 2.31. The normalized spacial score (nSPS) is 12.7. The summed E-state index contributed by atoms with van der Waals surface area (Å²) >= 11 is 0.649. The second-order valence-corrected chi connectivity index (χ2v) is 6.09. The predicted molar refractivity (Wildman–Crippen MR) is 84.3 cm³/mol. The van der Waals surface area contributed by atoms with Crippen molar-refractivity contribution in [1.29, 1.82) is 0 Å². The van der Waals surface area contributed by atoms with Crippen LogP contribution in [0, 0.1) is 0 Å². The van der Waals surface area contributed by atoms with Crippen LogP contribution in [0.1, 0.15) is 42.6 Å². The van der Waals surface area contributed by atoms with Crippen LogP contribution in [0.15, 0.2) is 24.3 Å². The molecule has 0 saturated carbocycles. The minimum Gasteiger partial charge on any atom is -0.491 e. The first kappa shape index (κ1) is 17.3. The Morgan fingerprint density at radius 1 is 1.35 bits per heavy atom. The van der Waals surface area contributed by atoms with Crippen LogP contribution in [0.2, 0.25) is 0 Å². The average molecular weight is 341 g/mol. The molecule has 2 aromatic rings. The smallest absolute Gasteiger partial charge is 0.298 e. The van der Waals surface area contributed by atoms with Gasteiger partial charge in [-0.3, -0.25) is 10.1 Å². The molecule has 0 saturated heterocycles. The van der Waals surface area contributed by atoms with Crippen LogP contribution < -0.4 is 10.1 Å². The number of benzene rings is 1. The Morgan fingerprint density at radius 2 is 2.00 bits per heavy atom. The predicted octanol–water partition coefficient (Wildman–Crippen LogP) is 4.08. The molecule has 1 aromatic carbocycles. The molecule has 1 N–H and O–H groups in total. The SMILES string of the molecule is CC[C@@H](C)Oc1ccc(C(=O)Nc2nnc(C(C)(F)F)s2)cc1. The Kier molecular flexibility index (Phi) is 5.25. The highest BCUT2D eigenvalue weighted by Gasteiger charge is 2.29. The maximum Gasteiger partial charge on any atom is 0.298 e. The molecule has 1 aromatic heterocycles. The number of rotatable bonds is 6. The van der Waals surface area contributed by atoms with E-state index in [4.69, 9.17) is 4.74 Å². The van der Waals surface area contributed by atoms with Crippen LogP contribution in [-0.2, 0) is 5.92 Å². The maximum absolute atomic E-state index is 13.1. The first-order valence-corrected chi connectivity index (χ1v) is 7.91. The second kappa shape index (κ2) is 6.99. The summed E-state index contributed by atoms with van der Waals surface area (Å²) in [5.74, 6) is -2.85. The van der Waals surface area contributed by atoms with Crippen molar-refractivity contribution in [3.8, 4) is 5.75 Å². The van der Waals surface area contributed by atoms with Gasteiger partial charge in [0, 0.05) is 12.5 Å². The van der Waals surface area contributed by atoms with Gasteiger partial charge in [0.25, 0.3) is 11.8 Å². The van der Waals surface area contributed by atoms with E-state index in [2.05, 4.69) is 15.5 Å². The Balaban J connectivity index is 2.02. The zero-order valence-corrected chi connectivity index (χ0v) is 13.8. The highest BCUT2D eigenvalue weighted by atomic mass is 32.1. The van der Waals surface area contributed by atoms with E-state index in [1.54, 1.807) is 24.3 Å². The summed E-state index contributed by atoms with van der Waals surface area (Å²) in [5, 5.41) is 8.97. The lowest BCUT2D eigenvalue weighted by Crippen LogP contribution is -2.12. The number of aromatic nitrogens is 2. The summed E-state index contributed by atoms with van der Waals surface area (Å²) in [7, 11) is 0. The summed E-state index contributed by atoms with van der Waals surface area (Å²) < 4.78 is 31.8. The summed E-state index contributed by atoms with van der Waals surface area (Å²) in [6.45, 7) is 4.70. The van der Waals surface area contributed by atoms with Crippen molar-refractivity contribution in [3.05, 3.63) is 34.8 Å². The number of anilines is 1. The van der Waals surface area contributed by atoms with Gasteiger partial charge in [-0.15, -0.1) is 10.2 Å². The number of hydrogen-bond donors (Lipinski definition) is 1. The lowest BCUT2D eigenvalue weighted by molar-refractivity contribution is 0.0165. The lowest BCUT2D eigenvalue weighted by atomic mass is 10.2. The standard InChI is InChI=1S/C15H17F2N3O2S/c1-4-9(2)22-11-7-5-10(6-8-11)12(21)18-14-20-19-13(23-14)15(3,16)17/h5-9H,4H2,1-3H3,(H,18,20,21)/t9-/m1/s1. The molecular formula is C15H17F2N3O2S. The molecule has 8 heteroatoms. The lowest BCUT2D eigenvalue weighted by Gasteiger charge is -2.12. The quantitative estimate of drug-likeness (QED) is 0.860. The molecule has 1 heterocycles. The fourth-order valence-electron chi connectivity index (χ4n) is 1.62. The number of carbonyl (C=O) groups excluding carboxylic acids is 1. The van der Waals surface area contributed by atoms with Crippen LogP contribution in [0.3, 0.4) is 0 Å². The molecule has 5 nitrogen and oxygen atoms in total. The Morgan fingerprint density at radius 3 is 2.52 bits per heavy atom. The van der Waals surface area contributed by atoms with Crippen molar-refractivity contribution in [3.63, 3.8) is 0 Å². The van der Waals surface area contributed by atoms with Crippen molar-refractivity contribution in [2.75, 3.05) is 5.32 Å². The van der Waals surface area contributed by atoms with E-state index in [9.17, 15) is 13.6 Å². The van der Waals surface area contributed by atoms with Crippen LogP contribution in [0.25, 0.3) is 0 Å². The van der Waals surface area contributed by atoms with Gasteiger partial charge in [-0.2, -0.15) is 8.78 Å². The van der Waals surface area contributed by atoms with Gasteiger partial charge in [0.15, 0.2) is 5.01 Å². The summed E-state index contributed by atoms with van der Waals surface area (Å²) in [4.78, 5) is 12.1. The molecule has 23 heavy (non-hydrogen) atoms. The number of amides is 1. The molecule has 0 spiro atoms. The zero-order valence-electron chi connectivity index (χ0n) is 13.0. The zero-order chi connectivity index (χ0) is 17.0. The molecular weight excluding hydrogens is 324 g/mol. The third-order valence-corrected chi connectivity index (χ3v) is 4.06. The molecule has 2 rings (SSSR count). The van der Waals surface area contributed by atoms with Crippen LogP contribution in [0.5, 0.6) is 5.75 Å². The topological polar surface area (TPSA) is 64.1 Å². The third kappa shape index (κ3) is 4.69. The molecule has 0 unspecified atom stereocenters. The number of nitrogens with one attached hydrogen (secondary N) is 1. The van der Waals surface area contributed by atoms with Gasteiger partial charge in [0.05, 0.1) is 6.10 Å². The van der Waals surface area contributed by atoms with E-state index in [0.29, 0.717) is 22.6 Å². The van der Waals surface area contributed by atoms with E-state index < -0.39 is 16.8 Å². The van der Waals surface area contributed by atoms with E-state index in [0.717, 1.165) is 13.3 Å². The monoisotopic (exact) mass is 341 g/mol. The van der Waals surface area contributed by atoms with Crippen LogP contribution in [-0.4, -0.2) is 22.2 Å². The first-order valence-electron chi connectivity index (χ1n) is 7.09. The van der Waals surface area contributed by atoms with E-state index in [1.165, 1.54) is 0 Å². The fourth-order valence-corrected chi connectivity index (χ4v) is 2.29. The van der Waals surface area contributed by atoms with Crippen molar-refractivity contribution in [1.82, 2.24) is 10.2 Å². The molecule has 1 amide bonds. The number of carbonyl (C=O) groups is 1. The van der Waals surface area contributed by atoms with E-state index in [1.807, 2.05) is 13.8 Å². The largest absolute Gasteiger partial charge is 0.491 e. The fraction of sp³-hybridized carbons (Fsp3) is 0.400. The van der Waals surface area contributed by atoms with Gasteiger partial charge in [0.1, 0.15) is 5.75 Å². The van der Waals surface area contributed by atoms with Gasteiger partial charge in [0.2, 0.25) is 5.13 Å². The van der Waals surface area contributed by atoms with Crippen molar-refractivity contribution in [2.45, 2.75) is 39.2 Å². The maximum atomic E-state index is 13.1. The Labute approximate surface area is 136 Å². The van der Waals surface area contributed by atoms with E-state index >= 15 is 0 Å². The Bertz CT molecular complexity index is 668. The average Bonchev–Trinajstić information content (AvgIpc) is 2.96. The van der Waals surface area contributed by atoms with Crippen LogP contribution in [0.4, 0.5) is 13.9 Å². The van der Waals surface area contributed by atoms with Gasteiger partial charge in [-0.1, -0.05) is 18.3 Å². The van der Waals surface area contributed by atoms with Gasteiger partial charge >= 0.3 is 0 Å². The molecule has 0 bridgehead atoms. The van der Waals surface area contributed by atoms with Crippen molar-refractivity contribution < 1.29 is 18.3 Å². The number of alkyl halides is 2. The number of halogens is 2. The molecule has 0 aliphatic heterocycles. The number of hydrogen-bond acceptors (Lipinski definition) is 5. The Hall–Kier alpha value is -2.09. The molecule has 0 aliphatic rings. The number of nitrogens with zero attached hydrogens (tertiary/aromatic N) is 2. The molecule has 0 aliphatic carbocycles. The second-order valence-electron chi connectivity index (χ2n) is 5.12. The molecule has 124 valence electrons. The minimum atomic E-state index is -3.07. The van der Waals surface area contributed by atoms with Gasteiger partial charge < -0.3 is 4.74 Å². The van der Waals surface area contributed by atoms with Crippen molar-refractivity contribution in [2.24, 2.45) is 0 Å². The molecule has 0 radical (unpaired) electrons. The summed E-state index contributed by atoms with van der Waals surface area (Å²) in [5.41, 5.74) is 0.376. The minimum absolute atomic E-state index is 0.0338. The summed E-state index contributed by atoms with van der Waals surface area (Å²) in [6, 6.07) is 6.58. The molecule has 0 fully saturated rings. The number of ether oxygens (including phenoxy) is 1. The van der Waals surface area contributed by atoms with Crippen molar-refractivity contribution >= 4 is 22.4 Å². The molecule has 1 atom stereocenters. The van der Waals surface area contributed by atoms with Gasteiger partial charge in [-0.25, -0.2) is 0 Å². The highest BCUT2D eigenvalue weighted by molar-refractivity contribution is 7.15. The summed E-state index contributed by atoms with van der Waals surface area (Å²) in [6.07, 6.45) is 0.967. The third-order valence-electron chi connectivity index (χ3n) is 3.05. The first-order chi connectivity index (χ1) is 10.8. The van der Waals surface area contributed by atoms with Crippen LogP contribution >= 0.6 is 11.3 Å². The van der Waals surface area contributed by atoms with Gasteiger partial charge in [-0.05, 0) is 37.6 Å². The van der Waals surface area contributed by atoms with E-state index in [-0.39, 0.29) is 11.2 Å².